The fourth-order valence-corrected chi connectivity index (χ4v) is 9.50. The first kappa shape index (κ1) is 67.5. The monoisotopic (exact) mass is 1160 g/mol. The average Bonchev–Trinajstić information content (AvgIpc) is 3.52. The van der Waals surface area contributed by atoms with E-state index in [0.717, 1.165) is 40.7 Å². The number of benzene rings is 4. The molecule has 1 aliphatic heterocycles. The number of aromatic nitrogens is 4. The molecule has 0 unspecified atom stereocenters. The Morgan fingerprint density at radius 1 is 0.588 bits per heavy atom. The minimum atomic E-state index is -0.465. The molecule has 80 heavy (non-hydrogen) atoms. The average molecular weight is 1160 g/mol. The fraction of sp³-hybridized carbons (Fsp3) is 0.381. The molecule has 1 saturated heterocycles. The molecule has 3 heterocycles. The van der Waals surface area contributed by atoms with Crippen LogP contribution in [-0.4, -0.2) is 84.5 Å². The van der Waals surface area contributed by atoms with Crippen molar-refractivity contribution in [1.29, 1.82) is 0 Å². The molecule has 6 aromatic rings. The van der Waals surface area contributed by atoms with Crippen LogP contribution in [-0.2, 0) is 92.3 Å². The molecule has 9 rings (SSSR count). The van der Waals surface area contributed by atoms with Crippen LogP contribution in [0.4, 0.5) is 0 Å². The number of methoxy groups -OCH3 is 2. The SMILES string of the molecule is C=C(c1cc[c-]cc1)c1cc2c(cc1C)C(C)(C)CCC2(C)C.COC(=O)c1cnc(C)cn1.COC(=O)c1cnccn1.Cc1cc2c(cc1C(=O)c1ccc(B3OCCCO3)cc1)C(C)(C)CCC2(C)C.O=C=O.O=C=O.[Y]. The maximum Gasteiger partial charge on any atom is 0.493 e. The third-order valence-corrected chi connectivity index (χ3v) is 14.4. The van der Waals surface area contributed by atoms with Gasteiger partial charge < -0.3 is 18.8 Å². The number of ether oxygens (including phenoxy) is 2. The smallest absolute Gasteiger partial charge is 0.464 e. The zero-order valence-corrected chi connectivity index (χ0v) is 51.2. The largest absolute Gasteiger partial charge is 0.493 e. The van der Waals surface area contributed by atoms with Gasteiger partial charge in [-0.25, -0.2) is 19.6 Å². The Kier molecular flexibility index (Phi) is 25.9. The number of carbonyl (C=O) groups excluding carboxylic acids is 7. The minimum Gasteiger partial charge on any atom is -0.464 e. The molecule has 17 heteroatoms. The molecular weight excluding hydrogens is 1090 g/mol. The number of esters is 2. The Balaban J connectivity index is 0.000000291. The van der Waals surface area contributed by atoms with E-state index in [1.807, 2.05) is 36.4 Å². The first-order chi connectivity index (χ1) is 37.3. The first-order valence-corrected chi connectivity index (χ1v) is 25.9. The van der Waals surface area contributed by atoms with Gasteiger partial charge in [-0.3, -0.25) is 14.8 Å². The van der Waals surface area contributed by atoms with Crippen LogP contribution in [0.5, 0.6) is 0 Å². The summed E-state index contributed by atoms with van der Waals surface area (Å²) in [5, 5.41) is 0. The molecule has 1 fully saturated rings. The van der Waals surface area contributed by atoms with Crippen molar-refractivity contribution < 1.29 is 85.1 Å². The van der Waals surface area contributed by atoms with Crippen molar-refractivity contribution >= 4 is 48.2 Å². The van der Waals surface area contributed by atoms with E-state index in [9.17, 15) is 14.4 Å². The number of fused-ring (bicyclic) bond motifs is 2. The first-order valence-electron chi connectivity index (χ1n) is 25.9. The molecule has 2 aliphatic carbocycles. The number of aryl methyl sites for hydroxylation is 3. The molecule has 0 N–H and O–H groups in total. The number of hydrogen-bond donors (Lipinski definition) is 0. The number of rotatable bonds is 7. The summed E-state index contributed by atoms with van der Waals surface area (Å²) < 4.78 is 20.2. The predicted molar refractivity (Wildman–Crippen MR) is 300 cm³/mol. The molecule has 417 valence electrons. The molecule has 0 bridgehead atoms. The van der Waals surface area contributed by atoms with E-state index in [2.05, 4.69) is 148 Å². The standard InChI is InChI=1S/C25H31BO3.C23H27.C7H8N2O2.C6H6N2O2.2CO2.Y/c1-17-15-21-22(25(4,5)12-11-24(21,2)3)16-20(17)23(27)18-7-9-19(10-8-18)26-28-13-6-14-29-26;1-16-14-20-21(23(5,6)13-12-22(20,3)4)15-19(16)17(2)18-10-8-7-9-11-18;1-5-3-9-6(4-8-5)7(10)11-2;1-10-6(9)5-4-7-2-3-8-5;2*2-1-3;/h7-10,15-16H,6,11-14H2,1-5H3;8-11,14-15H,2,12-13H2,1,3-6H3;3-4H,1-2H3;2-4H,1H3;;;/q;-1;;;;;. The summed E-state index contributed by atoms with van der Waals surface area (Å²) in [6.45, 7) is 30.6. The maximum absolute atomic E-state index is 13.4. The Morgan fingerprint density at radius 2 is 1.02 bits per heavy atom. The Bertz CT molecular complexity index is 3100. The quantitative estimate of drug-likeness (QED) is 0.0630. The van der Waals surface area contributed by atoms with Gasteiger partial charge in [0.05, 0.1) is 32.3 Å². The van der Waals surface area contributed by atoms with Gasteiger partial charge in [-0.15, -0.1) is 5.56 Å². The number of ketones is 1. The van der Waals surface area contributed by atoms with E-state index in [4.69, 9.17) is 28.5 Å². The van der Waals surface area contributed by atoms with Crippen LogP contribution in [0.25, 0.3) is 5.57 Å². The molecule has 0 saturated carbocycles. The summed E-state index contributed by atoms with van der Waals surface area (Å²) >= 11 is 0. The van der Waals surface area contributed by atoms with Gasteiger partial charge in [0.25, 0.3) is 0 Å². The van der Waals surface area contributed by atoms with Gasteiger partial charge >= 0.3 is 31.4 Å². The van der Waals surface area contributed by atoms with Crippen molar-refractivity contribution in [3.63, 3.8) is 0 Å². The summed E-state index contributed by atoms with van der Waals surface area (Å²) in [7, 11) is 2.29. The van der Waals surface area contributed by atoms with Crippen LogP contribution in [0.15, 0.2) is 110 Å². The van der Waals surface area contributed by atoms with Crippen LogP contribution < -0.4 is 5.46 Å². The zero-order chi connectivity index (χ0) is 58.7. The van der Waals surface area contributed by atoms with Gasteiger partial charge in [-0.1, -0.05) is 104 Å². The van der Waals surface area contributed by atoms with Gasteiger partial charge in [0.15, 0.2) is 17.2 Å². The van der Waals surface area contributed by atoms with Crippen LogP contribution in [0, 0.1) is 26.8 Å². The van der Waals surface area contributed by atoms with Gasteiger partial charge in [0.2, 0.25) is 0 Å². The molecular formula is C63H72BN4O11Y-. The van der Waals surface area contributed by atoms with Crippen LogP contribution in [0.3, 0.4) is 0 Å². The van der Waals surface area contributed by atoms with E-state index in [1.165, 1.54) is 103 Å². The number of carbonyl (C=O) groups is 3. The van der Waals surface area contributed by atoms with Crippen molar-refractivity contribution in [2.45, 2.75) is 130 Å². The van der Waals surface area contributed by atoms with Gasteiger partial charge in [0, 0.05) is 75.6 Å². The summed E-state index contributed by atoms with van der Waals surface area (Å²) in [4.78, 5) is 82.4. The topological polar surface area (TPSA) is 208 Å². The minimum absolute atomic E-state index is 0. The van der Waals surface area contributed by atoms with E-state index in [1.54, 1.807) is 6.92 Å². The van der Waals surface area contributed by atoms with Gasteiger partial charge in [-0.2, -0.15) is 49.5 Å². The number of nitrogens with zero attached hydrogens (tertiary/aromatic N) is 4. The maximum atomic E-state index is 13.4. The zero-order valence-electron chi connectivity index (χ0n) is 48.4. The Labute approximate surface area is 496 Å². The molecule has 15 nitrogen and oxygen atoms in total. The van der Waals surface area contributed by atoms with E-state index >= 15 is 0 Å². The predicted octanol–water partition coefficient (Wildman–Crippen LogP) is 10.6. The molecule has 0 spiro atoms. The Morgan fingerprint density at radius 3 is 1.45 bits per heavy atom. The van der Waals surface area contributed by atoms with E-state index < -0.39 is 11.9 Å². The fourth-order valence-electron chi connectivity index (χ4n) is 9.50. The van der Waals surface area contributed by atoms with Crippen molar-refractivity contribution in [3.8, 4) is 0 Å². The normalized spacial score (nSPS) is 15.2. The summed E-state index contributed by atoms with van der Waals surface area (Å²) in [5.74, 6) is -0.841. The van der Waals surface area contributed by atoms with Crippen molar-refractivity contribution in [2.75, 3.05) is 27.4 Å². The molecule has 0 amide bonds. The van der Waals surface area contributed by atoms with Gasteiger partial charge in [-0.05, 0) is 131 Å². The van der Waals surface area contributed by atoms with E-state index in [0.29, 0.717) is 18.8 Å². The molecule has 2 aromatic heterocycles. The second kappa shape index (κ2) is 30.7. The Hall–Kier alpha value is -6.76. The van der Waals surface area contributed by atoms with Gasteiger partial charge in [0.1, 0.15) is 0 Å². The van der Waals surface area contributed by atoms with Crippen LogP contribution in [0.1, 0.15) is 175 Å². The molecule has 1 radical (unpaired) electrons. The second-order valence-electron chi connectivity index (χ2n) is 21.9. The van der Waals surface area contributed by atoms with Crippen LogP contribution >= 0.6 is 0 Å². The third-order valence-electron chi connectivity index (χ3n) is 14.4. The molecule has 3 aliphatic rings. The van der Waals surface area contributed by atoms with Crippen molar-refractivity contribution in [2.24, 2.45) is 0 Å². The summed E-state index contributed by atoms with van der Waals surface area (Å²) in [6, 6.07) is 28.1. The molecule has 4 aromatic carbocycles. The van der Waals surface area contributed by atoms with E-state index in [-0.39, 0.29) is 91.0 Å². The van der Waals surface area contributed by atoms with Crippen molar-refractivity contribution in [3.05, 3.63) is 189 Å². The second-order valence-corrected chi connectivity index (χ2v) is 21.9. The third kappa shape index (κ3) is 18.1. The summed E-state index contributed by atoms with van der Waals surface area (Å²) in [5.41, 5.74) is 16.1. The summed E-state index contributed by atoms with van der Waals surface area (Å²) in [6.07, 6.45) is 13.4. The molecule has 0 atom stereocenters. The number of hydrogen-bond acceptors (Lipinski definition) is 15. The van der Waals surface area contributed by atoms with Crippen molar-refractivity contribution in [1.82, 2.24) is 19.9 Å². The van der Waals surface area contributed by atoms with Crippen LogP contribution in [0.2, 0.25) is 0 Å².